The number of aliphatic hydroxyl groups excluding tert-OH is 1. The van der Waals surface area contributed by atoms with Crippen molar-refractivity contribution in [2.75, 3.05) is 19.6 Å². The van der Waals surface area contributed by atoms with E-state index in [1.165, 1.54) is 0 Å². The highest BCUT2D eigenvalue weighted by atomic mass is 16.6. The van der Waals surface area contributed by atoms with E-state index >= 15 is 0 Å². The van der Waals surface area contributed by atoms with Crippen LogP contribution in [-0.4, -0.2) is 73.3 Å². The average Bonchev–Trinajstić information content (AvgIpc) is 3.04. The number of nitrogens with one attached hydrogen (secondary N) is 3. The van der Waals surface area contributed by atoms with Gasteiger partial charge in [0, 0.05) is 25.0 Å². The molecule has 3 rings (SSSR count). The average molecular weight is 341 g/mol. The molecule has 138 valence electrons. The van der Waals surface area contributed by atoms with Crippen LogP contribution in [0.4, 0.5) is 0 Å². The molecule has 24 heavy (non-hydrogen) atoms. The second kappa shape index (κ2) is 8.10. The Morgan fingerprint density at radius 3 is 2.71 bits per heavy atom. The van der Waals surface area contributed by atoms with Crippen molar-refractivity contribution < 1.29 is 19.4 Å². The molecule has 3 saturated heterocycles. The second-order valence-electron chi connectivity index (χ2n) is 7.52. The summed E-state index contributed by atoms with van der Waals surface area (Å²) in [6, 6.07) is 0.626. The minimum absolute atomic E-state index is 0.00594. The highest BCUT2D eigenvalue weighted by molar-refractivity contribution is 5.76. The number of hydrogen-bond acceptors (Lipinski definition) is 6. The van der Waals surface area contributed by atoms with Crippen molar-refractivity contribution in [3.8, 4) is 0 Å². The molecule has 4 N–H and O–H groups in total. The van der Waals surface area contributed by atoms with E-state index in [1.807, 2.05) is 13.8 Å². The normalized spacial score (nSPS) is 36.9. The fraction of sp³-hybridized carbons (Fsp3) is 0.941. The van der Waals surface area contributed by atoms with Crippen LogP contribution in [0.2, 0.25) is 0 Å². The molecule has 0 bridgehead atoms. The molecule has 0 aliphatic carbocycles. The minimum Gasteiger partial charge on any atom is -0.388 e. The lowest BCUT2D eigenvalue weighted by atomic mass is 10.0. The van der Waals surface area contributed by atoms with Crippen LogP contribution in [0.5, 0.6) is 0 Å². The molecule has 0 aromatic rings. The number of rotatable bonds is 6. The van der Waals surface area contributed by atoms with Crippen LogP contribution in [0.25, 0.3) is 0 Å². The molecule has 5 atom stereocenters. The van der Waals surface area contributed by atoms with E-state index in [1.54, 1.807) is 0 Å². The Labute approximate surface area is 143 Å². The maximum absolute atomic E-state index is 11.8. The highest BCUT2D eigenvalue weighted by Crippen LogP contribution is 2.35. The molecule has 0 spiro atoms. The Bertz CT molecular complexity index is 428. The third-order valence-corrected chi connectivity index (χ3v) is 5.09. The molecule has 3 aliphatic rings. The van der Waals surface area contributed by atoms with E-state index in [0.717, 1.165) is 25.9 Å². The van der Waals surface area contributed by atoms with Gasteiger partial charge in [-0.25, -0.2) is 0 Å². The predicted molar refractivity (Wildman–Crippen MR) is 89.7 cm³/mol. The summed E-state index contributed by atoms with van der Waals surface area (Å²) in [6.07, 6.45) is 1.82. The number of amides is 1. The fourth-order valence-electron chi connectivity index (χ4n) is 3.91. The van der Waals surface area contributed by atoms with E-state index in [0.29, 0.717) is 25.4 Å². The molecule has 0 radical (unpaired) electrons. The van der Waals surface area contributed by atoms with Crippen molar-refractivity contribution in [1.82, 2.24) is 16.0 Å². The smallest absolute Gasteiger partial charge is 0.222 e. The van der Waals surface area contributed by atoms with Gasteiger partial charge in [-0.15, -0.1) is 0 Å². The lowest BCUT2D eigenvalue weighted by Crippen LogP contribution is -2.45. The number of piperidine rings is 1. The quantitative estimate of drug-likeness (QED) is 0.522. The molecule has 0 aromatic carbocycles. The molecular formula is C17H31N3O4. The van der Waals surface area contributed by atoms with Gasteiger partial charge in [0.25, 0.3) is 0 Å². The van der Waals surface area contributed by atoms with Crippen LogP contribution in [0.1, 0.15) is 39.5 Å². The third kappa shape index (κ3) is 4.46. The van der Waals surface area contributed by atoms with Gasteiger partial charge in [-0.3, -0.25) is 4.79 Å². The summed E-state index contributed by atoms with van der Waals surface area (Å²) in [7, 11) is 0. The van der Waals surface area contributed by atoms with Crippen LogP contribution < -0.4 is 16.0 Å². The Morgan fingerprint density at radius 2 is 2.04 bits per heavy atom. The lowest BCUT2D eigenvalue weighted by Gasteiger charge is -2.26. The van der Waals surface area contributed by atoms with Gasteiger partial charge < -0.3 is 30.5 Å². The van der Waals surface area contributed by atoms with E-state index < -0.39 is 6.10 Å². The van der Waals surface area contributed by atoms with Crippen LogP contribution in [0.15, 0.2) is 0 Å². The molecule has 7 nitrogen and oxygen atoms in total. The standard InChI is InChI=1S/C17H31N3O4/c1-10(2)20-15(21)8-12-7-13-17(23-12)16(22)14(24-13)9-19-11-3-5-18-6-4-11/h10-14,16-19,22H,3-9H2,1-2H3,(H,20,21)/t12-,13+,14+,16+,17-/m0/s1. The van der Waals surface area contributed by atoms with Crippen LogP contribution >= 0.6 is 0 Å². The number of carbonyl (C=O) groups excluding carboxylic acids is 1. The first-order chi connectivity index (χ1) is 11.5. The van der Waals surface area contributed by atoms with Crippen LogP contribution in [0, 0.1) is 0 Å². The zero-order valence-corrected chi connectivity index (χ0v) is 14.7. The summed E-state index contributed by atoms with van der Waals surface area (Å²) >= 11 is 0. The second-order valence-corrected chi connectivity index (χ2v) is 7.52. The maximum atomic E-state index is 11.8. The first-order valence-corrected chi connectivity index (χ1v) is 9.25. The van der Waals surface area contributed by atoms with Gasteiger partial charge in [-0.05, 0) is 39.8 Å². The molecule has 0 aromatic heterocycles. The number of fused-ring (bicyclic) bond motifs is 1. The molecule has 1 amide bonds. The molecule has 3 heterocycles. The van der Waals surface area contributed by atoms with Gasteiger partial charge in [0.1, 0.15) is 12.2 Å². The highest BCUT2D eigenvalue weighted by Gasteiger charge is 2.50. The van der Waals surface area contributed by atoms with Gasteiger partial charge in [0.05, 0.1) is 24.7 Å². The number of carbonyl (C=O) groups is 1. The summed E-state index contributed by atoms with van der Waals surface area (Å²) in [6.45, 7) is 6.62. The number of ether oxygens (including phenoxy) is 2. The number of hydrogen-bond donors (Lipinski definition) is 4. The molecule has 0 saturated carbocycles. The molecule has 3 fully saturated rings. The summed E-state index contributed by atoms with van der Waals surface area (Å²) < 4.78 is 11.9. The maximum Gasteiger partial charge on any atom is 0.222 e. The van der Waals surface area contributed by atoms with E-state index in [-0.39, 0.29) is 36.4 Å². The van der Waals surface area contributed by atoms with Crippen molar-refractivity contribution in [3.05, 3.63) is 0 Å². The SMILES string of the molecule is CC(C)NC(=O)C[C@@H]1C[C@H]2O[C@H](CNC3CCNCC3)[C@@H](O)[C@H]2O1. The molecule has 0 unspecified atom stereocenters. The summed E-state index contributed by atoms with van der Waals surface area (Å²) in [5.41, 5.74) is 0. The zero-order valence-electron chi connectivity index (χ0n) is 14.7. The van der Waals surface area contributed by atoms with Crippen molar-refractivity contribution >= 4 is 5.91 Å². The van der Waals surface area contributed by atoms with Crippen molar-refractivity contribution in [2.24, 2.45) is 0 Å². The first kappa shape index (κ1) is 18.1. The predicted octanol–water partition coefficient (Wildman–Crippen LogP) is -0.471. The van der Waals surface area contributed by atoms with Gasteiger partial charge >= 0.3 is 0 Å². The van der Waals surface area contributed by atoms with E-state index in [4.69, 9.17) is 9.47 Å². The topological polar surface area (TPSA) is 91.9 Å². The fourth-order valence-corrected chi connectivity index (χ4v) is 3.91. The van der Waals surface area contributed by atoms with E-state index in [2.05, 4.69) is 16.0 Å². The van der Waals surface area contributed by atoms with Crippen molar-refractivity contribution in [3.63, 3.8) is 0 Å². The van der Waals surface area contributed by atoms with Gasteiger partial charge in [-0.2, -0.15) is 0 Å². The molecule has 3 aliphatic heterocycles. The lowest BCUT2D eigenvalue weighted by molar-refractivity contribution is -0.125. The number of aliphatic hydroxyl groups is 1. The minimum atomic E-state index is -0.623. The monoisotopic (exact) mass is 341 g/mol. The molecular weight excluding hydrogens is 310 g/mol. The third-order valence-electron chi connectivity index (χ3n) is 5.09. The van der Waals surface area contributed by atoms with Gasteiger partial charge in [0.2, 0.25) is 5.91 Å². The van der Waals surface area contributed by atoms with Gasteiger partial charge in [0.15, 0.2) is 0 Å². The summed E-state index contributed by atoms with van der Waals surface area (Å²) in [5, 5.41) is 20.2. The van der Waals surface area contributed by atoms with E-state index in [9.17, 15) is 9.90 Å². The summed E-state index contributed by atoms with van der Waals surface area (Å²) in [5.74, 6) is -0.00594. The van der Waals surface area contributed by atoms with Gasteiger partial charge in [-0.1, -0.05) is 0 Å². The Hall–Kier alpha value is -0.730. The summed E-state index contributed by atoms with van der Waals surface area (Å²) in [4.78, 5) is 11.8. The van der Waals surface area contributed by atoms with Crippen molar-refractivity contribution in [2.45, 2.75) is 82.1 Å². The van der Waals surface area contributed by atoms with Crippen LogP contribution in [0.3, 0.4) is 0 Å². The van der Waals surface area contributed by atoms with Crippen LogP contribution in [-0.2, 0) is 14.3 Å². The largest absolute Gasteiger partial charge is 0.388 e. The Kier molecular flexibility index (Phi) is 6.10. The van der Waals surface area contributed by atoms with Crippen molar-refractivity contribution in [1.29, 1.82) is 0 Å². The Balaban J connectivity index is 1.41. The molecule has 7 heteroatoms. The first-order valence-electron chi connectivity index (χ1n) is 9.25. The Morgan fingerprint density at radius 1 is 1.29 bits per heavy atom. The zero-order chi connectivity index (χ0) is 17.1.